The Morgan fingerprint density at radius 3 is 2.59 bits per heavy atom. The first-order valence-corrected chi connectivity index (χ1v) is 5.58. The topological polar surface area (TPSA) is 27.0 Å². The molecule has 0 bridgehead atoms. The van der Waals surface area contributed by atoms with Crippen LogP contribution < -0.4 is 0 Å². The third kappa shape index (κ3) is 2.80. The van der Waals surface area contributed by atoms with Crippen molar-refractivity contribution in [1.29, 1.82) is 5.26 Å². The minimum Gasteiger partial charge on any atom is -0.301 e. The van der Waals surface area contributed by atoms with Gasteiger partial charge in [-0.1, -0.05) is 6.07 Å². The van der Waals surface area contributed by atoms with E-state index in [1.54, 1.807) is 6.07 Å². The van der Waals surface area contributed by atoms with Gasteiger partial charge in [-0.2, -0.15) is 5.26 Å². The molecule has 0 amide bonds. The summed E-state index contributed by atoms with van der Waals surface area (Å²) in [7, 11) is 1.89. The maximum absolute atomic E-state index is 13.0. The van der Waals surface area contributed by atoms with Crippen LogP contribution in [-0.4, -0.2) is 18.5 Å². The molecule has 1 saturated carbocycles. The molecule has 1 fully saturated rings. The number of rotatable bonds is 4. The van der Waals surface area contributed by atoms with Crippen LogP contribution in [0.25, 0.3) is 0 Å². The Kier molecular flexibility index (Phi) is 3.12. The molecule has 17 heavy (non-hydrogen) atoms. The number of halogens is 2. The van der Waals surface area contributed by atoms with Gasteiger partial charge < -0.3 is 4.90 Å². The Hall–Kier alpha value is -1.47. The third-order valence-electron chi connectivity index (χ3n) is 3.10. The maximum Gasteiger partial charge on any atom is 0.159 e. The van der Waals surface area contributed by atoms with E-state index >= 15 is 0 Å². The van der Waals surface area contributed by atoms with Crippen molar-refractivity contribution in [2.75, 3.05) is 13.6 Å². The molecule has 0 atom stereocenters. The zero-order chi connectivity index (χ0) is 12.5. The summed E-state index contributed by atoms with van der Waals surface area (Å²) in [6, 6.07) is 6.22. The summed E-state index contributed by atoms with van der Waals surface area (Å²) in [6.07, 6.45) is 1.87. The third-order valence-corrected chi connectivity index (χ3v) is 3.10. The van der Waals surface area contributed by atoms with E-state index < -0.39 is 11.6 Å². The molecular weight excluding hydrogens is 222 g/mol. The number of hydrogen-bond donors (Lipinski definition) is 0. The Bertz CT molecular complexity index is 461. The normalized spacial score (nSPS) is 16.9. The van der Waals surface area contributed by atoms with E-state index in [1.165, 1.54) is 6.07 Å². The van der Waals surface area contributed by atoms with Gasteiger partial charge in [-0.25, -0.2) is 8.78 Å². The minimum atomic E-state index is -0.827. The van der Waals surface area contributed by atoms with Gasteiger partial charge in [0.25, 0.3) is 0 Å². The van der Waals surface area contributed by atoms with Crippen LogP contribution in [0, 0.1) is 28.4 Å². The molecule has 0 N–H and O–H groups in total. The lowest BCUT2D eigenvalue weighted by Gasteiger charge is -2.19. The van der Waals surface area contributed by atoms with Gasteiger partial charge in [-0.05, 0) is 37.6 Å². The van der Waals surface area contributed by atoms with Crippen LogP contribution in [0.3, 0.4) is 0 Å². The molecule has 0 radical (unpaired) electrons. The van der Waals surface area contributed by atoms with Crippen molar-refractivity contribution in [1.82, 2.24) is 4.90 Å². The molecule has 4 heteroatoms. The second-order valence-electron chi connectivity index (χ2n) is 4.81. The van der Waals surface area contributed by atoms with Gasteiger partial charge in [0.1, 0.15) is 0 Å². The molecule has 0 heterocycles. The summed E-state index contributed by atoms with van der Waals surface area (Å²) in [5.74, 6) is -1.65. The van der Waals surface area contributed by atoms with Crippen LogP contribution in [-0.2, 0) is 6.54 Å². The zero-order valence-corrected chi connectivity index (χ0v) is 9.71. The van der Waals surface area contributed by atoms with Crippen molar-refractivity contribution in [2.45, 2.75) is 19.4 Å². The summed E-state index contributed by atoms with van der Waals surface area (Å²) in [5, 5.41) is 8.97. The van der Waals surface area contributed by atoms with Crippen LogP contribution in [0.15, 0.2) is 18.2 Å². The van der Waals surface area contributed by atoms with E-state index in [4.69, 9.17) is 5.26 Å². The Labute approximate surface area is 99.5 Å². The fourth-order valence-corrected chi connectivity index (χ4v) is 1.98. The average molecular weight is 236 g/mol. The van der Waals surface area contributed by atoms with Gasteiger partial charge in [0.05, 0.1) is 11.5 Å². The number of nitriles is 1. The predicted molar refractivity (Wildman–Crippen MR) is 60.0 cm³/mol. The van der Waals surface area contributed by atoms with Gasteiger partial charge in [0.15, 0.2) is 11.6 Å². The lowest BCUT2D eigenvalue weighted by Crippen LogP contribution is -2.25. The zero-order valence-electron chi connectivity index (χ0n) is 9.71. The van der Waals surface area contributed by atoms with Gasteiger partial charge in [0, 0.05) is 13.1 Å². The molecular formula is C13H14F2N2. The van der Waals surface area contributed by atoms with Crippen LogP contribution in [0.2, 0.25) is 0 Å². The quantitative estimate of drug-likeness (QED) is 0.803. The molecule has 0 aliphatic heterocycles. The molecule has 1 aromatic rings. The molecule has 1 aliphatic rings. The van der Waals surface area contributed by atoms with Crippen molar-refractivity contribution in [3.8, 4) is 6.07 Å². The second-order valence-corrected chi connectivity index (χ2v) is 4.81. The van der Waals surface area contributed by atoms with Crippen molar-refractivity contribution in [3.05, 3.63) is 35.4 Å². The smallest absolute Gasteiger partial charge is 0.159 e. The molecule has 0 spiro atoms. The minimum absolute atomic E-state index is 0.201. The van der Waals surface area contributed by atoms with Crippen LogP contribution in [0.4, 0.5) is 8.78 Å². The Morgan fingerprint density at radius 2 is 2.06 bits per heavy atom. The van der Waals surface area contributed by atoms with E-state index in [0.717, 1.165) is 24.5 Å². The average Bonchev–Trinajstić information content (AvgIpc) is 3.04. The second kappa shape index (κ2) is 4.42. The highest BCUT2D eigenvalue weighted by Crippen LogP contribution is 2.45. The molecule has 2 nitrogen and oxygen atoms in total. The van der Waals surface area contributed by atoms with Crippen LogP contribution >= 0.6 is 0 Å². The summed E-state index contributed by atoms with van der Waals surface area (Å²) in [5.41, 5.74) is 0.521. The van der Waals surface area contributed by atoms with E-state index in [1.807, 2.05) is 11.9 Å². The number of hydrogen-bond acceptors (Lipinski definition) is 2. The predicted octanol–water partition coefficient (Wildman–Crippen LogP) is 2.70. The SMILES string of the molecule is CN(Cc1ccc(F)c(F)c1)CC1(C#N)CC1. The first kappa shape index (κ1) is 12.0. The van der Waals surface area contributed by atoms with Gasteiger partial charge in [-0.15, -0.1) is 0 Å². The molecule has 0 unspecified atom stereocenters. The Balaban J connectivity index is 1.96. The number of nitrogens with zero attached hydrogens (tertiary/aromatic N) is 2. The fourth-order valence-electron chi connectivity index (χ4n) is 1.98. The van der Waals surface area contributed by atoms with Crippen LogP contribution in [0.1, 0.15) is 18.4 Å². The van der Waals surface area contributed by atoms with E-state index in [0.29, 0.717) is 13.1 Å². The molecule has 1 aromatic carbocycles. The lowest BCUT2D eigenvalue weighted by molar-refractivity contribution is 0.286. The molecule has 2 rings (SSSR count). The fraction of sp³-hybridized carbons (Fsp3) is 0.462. The van der Waals surface area contributed by atoms with E-state index in [2.05, 4.69) is 6.07 Å². The van der Waals surface area contributed by atoms with Crippen molar-refractivity contribution in [3.63, 3.8) is 0 Å². The first-order chi connectivity index (χ1) is 8.04. The van der Waals surface area contributed by atoms with E-state index in [-0.39, 0.29) is 5.41 Å². The summed E-state index contributed by atoms with van der Waals surface area (Å²) < 4.78 is 25.7. The summed E-state index contributed by atoms with van der Waals surface area (Å²) in [6.45, 7) is 1.21. The molecule has 90 valence electrons. The molecule has 1 aliphatic carbocycles. The van der Waals surface area contributed by atoms with Crippen molar-refractivity contribution < 1.29 is 8.78 Å². The van der Waals surface area contributed by atoms with Gasteiger partial charge in [0.2, 0.25) is 0 Å². The van der Waals surface area contributed by atoms with Crippen molar-refractivity contribution >= 4 is 0 Å². The van der Waals surface area contributed by atoms with Crippen molar-refractivity contribution in [2.24, 2.45) is 5.41 Å². The van der Waals surface area contributed by atoms with Gasteiger partial charge >= 0.3 is 0 Å². The number of benzene rings is 1. The maximum atomic E-state index is 13.0. The molecule has 0 aromatic heterocycles. The highest BCUT2D eigenvalue weighted by molar-refractivity contribution is 5.18. The summed E-state index contributed by atoms with van der Waals surface area (Å²) >= 11 is 0. The van der Waals surface area contributed by atoms with Gasteiger partial charge in [-0.3, -0.25) is 0 Å². The first-order valence-electron chi connectivity index (χ1n) is 5.58. The van der Waals surface area contributed by atoms with E-state index in [9.17, 15) is 8.78 Å². The largest absolute Gasteiger partial charge is 0.301 e. The monoisotopic (exact) mass is 236 g/mol. The summed E-state index contributed by atoms with van der Waals surface area (Å²) in [4.78, 5) is 1.98. The Morgan fingerprint density at radius 1 is 1.35 bits per heavy atom. The lowest BCUT2D eigenvalue weighted by atomic mass is 10.1. The highest BCUT2D eigenvalue weighted by atomic mass is 19.2. The van der Waals surface area contributed by atoms with Crippen LogP contribution in [0.5, 0.6) is 0 Å². The highest BCUT2D eigenvalue weighted by Gasteiger charge is 2.43. The molecule has 0 saturated heterocycles. The standard InChI is InChI=1S/C13H14F2N2/c1-17(9-13(8-16)4-5-13)7-10-2-3-11(14)12(15)6-10/h2-3,6H,4-5,7,9H2,1H3.